The van der Waals surface area contributed by atoms with Gasteiger partial charge in [0.25, 0.3) is 0 Å². The van der Waals surface area contributed by atoms with Crippen molar-refractivity contribution in [3.8, 4) is 17.1 Å². The zero-order valence-corrected chi connectivity index (χ0v) is 16.0. The van der Waals surface area contributed by atoms with E-state index in [1.54, 1.807) is 12.1 Å². The van der Waals surface area contributed by atoms with Crippen LogP contribution in [0.3, 0.4) is 0 Å². The van der Waals surface area contributed by atoms with E-state index in [4.69, 9.17) is 0 Å². The minimum Gasteiger partial charge on any atom is -0.353 e. The molecular formula is C20H21FN4OS. The third-order valence-electron chi connectivity index (χ3n) is 4.10. The van der Waals surface area contributed by atoms with E-state index in [1.807, 2.05) is 48.7 Å². The maximum atomic E-state index is 13.4. The molecule has 0 spiro atoms. The lowest BCUT2D eigenvalue weighted by Gasteiger charge is -2.12. The monoisotopic (exact) mass is 384 g/mol. The maximum absolute atomic E-state index is 13.4. The summed E-state index contributed by atoms with van der Waals surface area (Å²) in [5.74, 6) is 0.518. The van der Waals surface area contributed by atoms with Crippen molar-refractivity contribution in [1.29, 1.82) is 0 Å². The number of halogens is 1. The molecule has 1 unspecified atom stereocenters. The van der Waals surface area contributed by atoms with Crippen molar-refractivity contribution in [2.75, 3.05) is 5.75 Å². The molecule has 3 aromatic rings. The molecule has 0 saturated carbocycles. The third kappa shape index (κ3) is 4.74. The number of nitrogens with one attached hydrogen (secondary N) is 1. The topological polar surface area (TPSA) is 59.8 Å². The lowest BCUT2D eigenvalue weighted by molar-refractivity contribution is -0.119. The van der Waals surface area contributed by atoms with Crippen LogP contribution in [-0.4, -0.2) is 32.5 Å². The van der Waals surface area contributed by atoms with E-state index < -0.39 is 0 Å². The summed E-state index contributed by atoms with van der Waals surface area (Å²) in [5.41, 5.74) is 1.63. The van der Waals surface area contributed by atoms with E-state index in [9.17, 15) is 9.18 Å². The first kappa shape index (κ1) is 19.1. The van der Waals surface area contributed by atoms with Crippen molar-refractivity contribution < 1.29 is 9.18 Å². The van der Waals surface area contributed by atoms with Gasteiger partial charge in [0.2, 0.25) is 5.91 Å². The summed E-state index contributed by atoms with van der Waals surface area (Å²) in [6, 6.07) is 15.9. The third-order valence-corrected chi connectivity index (χ3v) is 5.03. The molecule has 1 amide bonds. The smallest absolute Gasteiger partial charge is 0.230 e. The highest BCUT2D eigenvalue weighted by Crippen LogP contribution is 2.27. The van der Waals surface area contributed by atoms with Crippen molar-refractivity contribution in [1.82, 2.24) is 20.1 Å². The number of carbonyl (C=O) groups excluding carboxylic acids is 1. The molecule has 2 aromatic carbocycles. The molecule has 140 valence electrons. The Morgan fingerprint density at radius 3 is 2.52 bits per heavy atom. The summed E-state index contributed by atoms with van der Waals surface area (Å²) >= 11 is 1.31. The molecule has 3 rings (SSSR count). The maximum Gasteiger partial charge on any atom is 0.230 e. The minimum absolute atomic E-state index is 0.0516. The zero-order valence-electron chi connectivity index (χ0n) is 15.2. The van der Waals surface area contributed by atoms with Gasteiger partial charge < -0.3 is 5.32 Å². The molecule has 1 heterocycles. The molecule has 0 aliphatic carbocycles. The molecule has 27 heavy (non-hydrogen) atoms. The van der Waals surface area contributed by atoms with Crippen molar-refractivity contribution in [3.63, 3.8) is 0 Å². The van der Waals surface area contributed by atoms with Crippen molar-refractivity contribution in [2.45, 2.75) is 31.5 Å². The second-order valence-corrected chi connectivity index (χ2v) is 7.09. The first-order chi connectivity index (χ1) is 13.1. The van der Waals surface area contributed by atoms with Crippen LogP contribution in [0.15, 0.2) is 59.8 Å². The quantitative estimate of drug-likeness (QED) is 0.624. The average molecular weight is 384 g/mol. The number of hydrogen-bond acceptors (Lipinski definition) is 4. The average Bonchev–Trinajstić information content (AvgIpc) is 3.11. The fourth-order valence-corrected chi connectivity index (χ4v) is 3.27. The molecule has 0 aliphatic heterocycles. The molecule has 7 heteroatoms. The molecule has 1 atom stereocenters. The van der Waals surface area contributed by atoms with Crippen LogP contribution in [0.1, 0.15) is 20.3 Å². The Hall–Kier alpha value is -2.67. The van der Waals surface area contributed by atoms with Gasteiger partial charge in [-0.3, -0.25) is 9.36 Å². The molecule has 0 saturated heterocycles. The van der Waals surface area contributed by atoms with Crippen LogP contribution < -0.4 is 5.32 Å². The van der Waals surface area contributed by atoms with Crippen molar-refractivity contribution >= 4 is 17.7 Å². The van der Waals surface area contributed by atoms with Gasteiger partial charge in [0.15, 0.2) is 11.0 Å². The van der Waals surface area contributed by atoms with Gasteiger partial charge in [-0.05, 0) is 37.6 Å². The number of nitrogens with zero attached hydrogens (tertiary/aromatic N) is 3. The van der Waals surface area contributed by atoms with Crippen LogP contribution in [0.25, 0.3) is 17.1 Å². The standard InChI is InChI=1S/C20H21FN4OS/c1-3-14(2)22-18(26)13-27-20-24-23-19(15-7-5-4-6-8-15)25(20)17-11-9-16(21)10-12-17/h4-12,14H,3,13H2,1-2H3,(H,22,26). The van der Waals surface area contributed by atoms with Gasteiger partial charge in [0.05, 0.1) is 5.75 Å². The highest BCUT2D eigenvalue weighted by molar-refractivity contribution is 7.99. The van der Waals surface area contributed by atoms with Gasteiger partial charge in [0.1, 0.15) is 5.82 Å². The first-order valence-electron chi connectivity index (χ1n) is 8.77. The van der Waals surface area contributed by atoms with Crippen LogP contribution in [0.5, 0.6) is 0 Å². The summed E-state index contributed by atoms with van der Waals surface area (Å²) < 4.78 is 15.2. The second-order valence-electron chi connectivity index (χ2n) is 6.15. The lowest BCUT2D eigenvalue weighted by atomic mass is 10.2. The van der Waals surface area contributed by atoms with Crippen LogP contribution in [0.2, 0.25) is 0 Å². The van der Waals surface area contributed by atoms with Crippen LogP contribution in [-0.2, 0) is 4.79 Å². The van der Waals surface area contributed by atoms with Crippen LogP contribution >= 0.6 is 11.8 Å². The Bertz CT molecular complexity index is 896. The molecule has 5 nitrogen and oxygen atoms in total. The van der Waals surface area contributed by atoms with E-state index >= 15 is 0 Å². The van der Waals surface area contributed by atoms with Gasteiger partial charge in [-0.2, -0.15) is 0 Å². The fraction of sp³-hybridized carbons (Fsp3) is 0.250. The van der Waals surface area contributed by atoms with Gasteiger partial charge in [-0.1, -0.05) is 49.0 Å². The Kier molecular flexibility index (Phi) is 6.24. The molecular weight excluding hydrogens is 363 g/mol. The largest absolute Gasteiger partial charge is 0.353 e. The van der Waals surface area contributed by atoms with Crippen molar-refractivity contribution in [3.05, 3.63) is 60.4 Å². The Morgan fingerprint density at radius 2 is 1.85 bits per heavy atom. The second kappa shape index (κ2) is 8.81. The molecule has 1 aromatic heterocycles. The van der Waals surface area contributed by atoms with Crippen molar-refractivity contribution in [2.24, 2.45) is 0 Å². The molecule has 0 radical (unpaired) electrons. The van der Waals surface area contributed by atoms with E-state index in [-0.39, 0.29) is 23.5 Å². The summed E-state index contributed by atoms with van der Waals surface area (Å²) in [6.45, 7) is 3.99. The SMILES string of the molecule is CCC(C)NC(=O)CSc1nnc(-c2ccccc2)n1-c1ccc(F)cc1. The van der Waals surface area contributed by atoms with Gasteiger partial charge >= 0.3 is 0 Å². The minimum atomic E-state index is -0.310. The number of hydrogen-bond donors (Lipinski definition) is 1. The highest BCUT2D eigenvalue weighted by atomic mass is 32.2. The van der Waals surface area contributed by atoms with E-state index in [0.29, 0.717) is 11.0 Å². The molecule has 0 fully saturated rings. The van der Waals surface area contributed by atoms with E-state index in [2.05, 4.69) is 15.5 Å². The first-order valence-corrected chi connectivity index (χ1v) is 9.76. The number of benzene rings is 2. The number of aromatic nitrogens is 3. The predicted molar refractivity (Wildman–Crippen MR) is 105 cm³/mol. The Balaban J connectivity index is 1.91. The Morgan fingerprint density at radius 1 is 1.15 bits per heavy atom. The molecule has 0 bridgehead atoms. The highest BCUT2D eigenvalue weighted by Gasteiger charge is 2.17. The normalized spacial score (nSPS) is 12.0. The Labute approximate surface area is 162 Å². The number of rotatable bonds is 7. The van der Waals surface area contributed by atoms with Gasteiger partial charge in [-0.25, -0.2) is 4.39 Å². The summed E-state index contributed by atoms with van der Waals surface area (Å²) in [4.78, 5) is 12.1. The van der Waals surface area contributed by atoms with Crippen LogP contribution in [0.4, 0.5) is 4.39 Å². The van der Waals surface area contributed by atoms with Crippen LogP contribution in [0, 0.1) is 5.82 Å². The fourth-order valence-electron chi connectivity index (χ4n) is 2.51. The van der Waals surface area contributed by atoms with E-state index in [1.165, 1.54) is 23.9 Å². The number of amides is 1. The zero-order chi connectivity index (χ0) is 19.2. The van der Waals surface area contributed by atoms with Gasteiger partial charge in [-0.15, -0.1) is 10.2 Å². The summed E-state index contributed by atoms with van der Waals surface area (Å²) in [6.07, 6.45) is 0.875. The molecule has 0 aliphatic rings. The van der Waals surface area contributed by atoms with Gasteiger partial charge in [0, 0.05) is 17.3 Å². The number of thioether (sulfide) groups is 1. The molecule has 1 N–H and O–H groups in total. The predicted octanol–water partition coefficient (Wildman–Crippen LogP) is 4.08. The van der Waals surface area contributed by atoms with E-state index in [0.717, 1.165) is 17.7 Å². The summed E-state index contributed by atoms with van der Waals surface area (Å²) in [5, 5.41) is 12.1. The summed E-state index contributed by atoms with van der Waals surface area (Å²) in [7, 11) is 0. The number of carbonyl (C=O) groups is 1. The lowest BCUT2D eigenvalue weighted by Crippen LogP contribution is -2.33.